The first-order valence-corrected chi connectivity index (χ1v) is 9.66. The summed E-state index contributed by atoms with van der Waals surface area (Å²) in [6, 6.07) is 15.7. The first-order valence-electron chi connectivity index (χ1n) is 7.96. The number of para-hydroxylation sites is 1. The van der Waals surface area contributed by atoms with Crippen molar-refractivity contribution in [3.63, 3.8) is 0 Å². The summed E-state index contributed by atoms with van der Waals surface area (Å²) in [6.07, 6.45) is 0. The van der Waals surface area contributed by atoms with Gasteiger partial charge in [-0.2, -0.15) is 0 Å². The van der Waals surface area contributed by atoms with Crippen molar-refractivity contribution in [2.75, 3.05) is 5.32 Å². The molecule has 1 atom stereocenters. The summed E-state index contributed by atoms with van der Waals surface area (Å²) in [5.74, 6) is 0.105. The van der Waals surface area contributed by atoms with E-state index in [-0.39, 0.29) is 11.0 Å². The number of rotatable bonds is 6. The molecule has 128 valence electrons. The van der Waals surface area contributed by atoms with Crippen molar-refractivity contribution in [3.8, 4) is 0 Å². The van der Waals surface area contributed by atoms with Crippen LogP contribution in [0.2, 0.25) is 0 Å². The Balaban J connectivity index is 1.65. The predicted molar refractivity (Wildman–Crippen MR) is 105 cm³/mol. The smallest absolute Gasteiger partial charge is 0.210 e. The summed E-state index contributed by atoms with van der Waals surface area (Å²) in [5, 5.41) is 12.2. The molecule has 3 rings (SSSR count). The Labute approximate surface area is 155 Å². The maximum atomic E-state index is 12.5. The number of nitrogens with zero attached hydrogens (tertiary/aromatic N) is 2. The lowest BCUT2D eigenvalue weighted by Gasteiger charge is -2.08. The van der Waals surface area contributed by atoms with Crippen molar-refractivity contribution in [1.82, 2.24) is 10.2 Å². The molecule has 0 aliphatic carbocycles. The third-order valence-corrected chi connectivity index (χ3v) is 5.80. The van der Waals surface area contributed by atoms with Crippen LogP contribution in [0.5, 0.6) is 0 Å². The molecular formula is C19H19N3OS2. The van der Waals surface area contributed by atoms with Gasteiger partial charge in [-0.05, 0) is 32.4 Å². The van der Waals surface area contributed by atoms with Gasteiger partial charge in [0, 0.05) is 11.3 Å². The maximum absolute atomic E-state index is 12.5. The molecule has 0 spiro atoms. The van der Waals surface area contributed by atoms with Crippen LogP contribution in [0.3, 0.4) is 0 Å². The third-order valence-electron chi connectivity index (χ3n) is 3.78. The van der Waals surface area contributed by atoms with Crippen molar-refractivity contribution in [3.05, 3.63) is 65.2 Å². The summed E-state index contributed by atoms with van der Waals surface area (Å²) in [7, 11) is 0. The Morgan fingerprint density at radius 2 is 1.80 bits per heavy atom. The molecule has 3 aromatic rings. The van der Waals surface area contributed by atoms with Crippen molar-refractivity contribution >= 4 is 39.7 Å². The highest BCUT2D eigenvalue weighted by Gasteiger charge is 2.18. The lowest BCUT2D eigenvalue weighted by Crippen LogP contribution is -2.13. The zero-order chi connectivity index (χ0) is 17.8. The number of hydrogen-bond acceptors (Lipinski definition) is 6. The predicted octanol–water partition coefficient (Wildman–Crippen LogP) is 5.26. The van der Waals surface area contributed by atoms with Crippen LogP contribution in [-0.4, -0.2) is 21.2 Å². The van der Waals surface area contributed by atoms with E-state index >= 15 is 0 Å². The van der Waals surface area contributed by atoms with Crippen LogP contribution in [0.15, 0.2) is 52.9 Å². The number of ketones is 1. The number of hydrogen-bond donors (Lipinski definition) is 1. The molecule has 0 fully saturated rings. The van der Waals surface area contributed by atoms with Gasteiger partial charge in [0.2, 0.25) is 5.13 Å². The maximum Gasteiger partial charge on any atom is 0.210 e. The summed E-state index contributed by atoms with van der Waals surface area (Å²) in [4.78, 5) is 12.5. The van der Waals surface area contributed by atoms with Gasteiger partial charge >= 0.3 is 0 Å². The molecule has 0 aliphatic rings. The lowest BCUT2D eigenvalue weighted by atomic mass is 10.1. The number of thioether (sulfide) groups is 1. The molecule has 4 nitrogen and oxygen atoms in total. The van der Waals surface area contributed by atoms with Gasteiger partial charge in [0.05, 0.1) is 5.25 Å². The van der Waals surface area contributed by atoms with E-state index in [1.165, 1.54) is 23.1 Å². The minimum absolute atomic E-state index is 0.105. The van der Waals surface area contributed by atoms with Crippen molar-refractivity contribution in [1.29, 1.82) is 0 Å². The molecule has 1 aromatic heterocycles. The summed E-state index contributed by atoms with van der Waals surface area (Å²) in [5.41, 5.74) is 4.04. The SMILES string of the molecule is Cc1ccc(C(=O)[C@@H](C)Sc2nnc(Nc3ccccc3C)s2)cc1. The van der Waals surface area contributed by atoms with Crippen LogP contribution in [0, 0.1) is 13.8 Å². The van der Waals surface area contributed by atoms with Gasteiger partial charge in [-0.3, -0.25) is 4.79 Å². The van der Waals surface area contributed by atoms with Crippen LogP contribution in [0.4, 0.5) is 10.8 Å². The highest BCUT2D eigenvalue weighted by molar-refractivity contribution is 8.02. The molecule has 0 aliphatic heterocycles. The van der Waals surface area contributed by atoms with Crippen LogP contribution in [0.25, 0.3) is 0 Å². The van der Waals surface area contributed by atoms with E-state index < -0.39 is 0 Å². The molecule has 1 heterocycles. The Bertz CT molecular complexity index is 874. The molecule has 0 bridgehead atoms. The number of anilines is 2. The second kappa shape index (κ2) is 7.80. The van der Waals surface area contributed by atoms with E-state index in [1.807, 2.05) is 69.3 Å². The Hall–Kier alpha value is -2.18. The van der Waals surface area contributed by atoms with E-state index in [2.05, 4.69) is 15.5 Å². The number of aryl methyl sites for hydroxylation is 2. The van der Waals surface area contributed by atoms with Gasteiger partial charge < -0.3 is 5.32 Å². The average Bonchev–Trinajstić information content (AvgIpc) is 3.04. The monoisotopic (exact) mass is 369 g/mol. The van der Waals surface area contributed by atoms with E-state index in [4.69, 9.17) is 0 Å². The number of carbonyl (C=O) groups is 1. The zero-order valence-corrected chi connectivity index (χ0v) is 15.9. The second-order valence-corrected chi connectivity index (χ2v) is 8.37. The van der Waals surface area contributed by atoms with E-state index in [0.29, 0.717) is 0 Å². The molecule has 0 radical (unpaired) electrons. The molecule has 0 amide bonds. The quantitative estimate of drug-likeness (QED) is 0.474. The molecule has 0 saturated carbocycles. The summed E-state index contributed by atoms with van der Waals surface area (Å²) < 4.78 is 0.782. The highest BCUT2D eigenvalue weighted by Crippen LogP contribution is 2.32. The van der Waals surface area contributed by atoms with Crippen molar-refractivity contribution < 1.29 is 4.79 Å². The fraction of sp³-hybridized carbons (Fsp3) is 0.211. The fourth-order valence-electron chi connectivity index (χ4n) is 2.29. The van der Waals surface area contributed by atoms with Gasteiger partial charge in [-0.25, -0.2) is 0 Å². The largest absolute Gasteiger partial charge is 0.330 e. The number of carbonyl (C=O) groups excluding carboxylic acids is 1. The third kappa shape index (κ3) is 4.46. The fourth-order valence-corrected chi connectivity index (χ4v) is 4.28. The summed E-state index contributed by atoms with van der Waals surface area (Å²) in [6.45, 7) is 5.96. The first kappa shape index (κ1) is 17.6. The standard InChI is InChI=1S/C19H19N3OS2/c1-12-8-10-15(11-9-12)17(23)14(3)24-19-22-21-18(25-19)20-16-7-5-4-6-13(16)2/h4-11,14H,1-3H3,(H,20,21)/t14-/m1/s1. The molecule has 1 N–H and O–H groups in total. The van der Waals surface area contributed by atoms with Crippen LogP contribution < -0.4 is 5.32 Å². The van der Waals surface area contributed by atoms with Crippen LogP contribution >= 0.6 is 23.1 Å². The van der Waals surface area contributed by atoms with E-state index in [0.717, 1.165) is 31.8 Å². The van der Waals surface area contributed by atoms with Gasteiger partial charge in [-0.1, -0.05) is 71.1 Å². The van der Waals surface area contributed by atoms with Gasteiger partial charge in [0.25, 0.3) is 0 Å². The zero-order valence-electron chi connectivity index (χ0n) is 14.3. The Morgan fingerprint density at radius 1 is 1.08 bits per heavy atom. The minimum Gasteiger partial charge on any atom is -0.330 e. The second-order valence-electron chi connectivity index (χ2n) is 5.80. The Morgan fingerprint density at radius 3 is 2.52 bits per heavy atom. The number of nitrogens with one attached hydrogen (secondary N) is 1. The number of aromatic nitrogens is 2. The molecule has 2 aromatic carbocycles. The normalized spacial score (nSPS) is 12.0. The number of Topliss-reactive ketones (excluding diaryl/α,β-unsaturated/α-hetero) is 1. The van der Waals surface area contributed by atoms with Gasteiger partial charge in [-0.15, -0.1) is 10.2 Å². The number of benzene rings is 2. The Kier molecular flexibility index (Phi) is 5.50. The van der Waals surface area contributed by atoms with Crippen molar-refractivity contribution in [2.24, 2.45) is 0 Å². The van der Waals surface area contributed by atoms with Crippen LogP contribution in [0.1, 0.15) is 28.4 Å². The van der Waals surface area contributed by atoms with Crippen LogP contribution in [-0.2, 0) is 0 Å². The van der Waals surface area contributed by atoms with Gasteiger partial charge in [0.15, 0.2) is 10.1 Å². The average molecular weight is 370 g/mol. The van der Waals surface area contributed by atoms with Gasteiger partial charge in [0.1, 0.15) is 0 Å². The lowest BCUT2D eigenvalue weighted by molar-refractivity contribution is 0.0994. The minimum atomic E-state index is -0.207. The summed E-state index contributed by atoms with van der Waals surface area (Å²) >= 11 is 2.90. The van der Waals surface area contributed by atoms with E-state index in [1.54, 1.807) is 0 Å². The van der Waals surface area contributed by atoms with E-state index in [9.17, 15) is 4.79 Å². The first-order chi connectivity index (χ1) is 12.0. The molecule has 25 heavy (non-hydrogen) atoms. The molecule has 0 saturated heterocycles. The highest BCUT2D eigenvalue weighted by atomic mass is 32.2. The molecular weight excluding hydrogens is 350 g/mol. The molecule has 0 unspecified atom stereocenters. The van der Waals surface area contributed by atoms with Crippen molar-refractivity contribution in [2.45, 2.75) is 30.4 Å². The topological polar surface area (TPSA) is 54.9 Å². The molecule has 6 heteroatoms.